The maximum Gasteiger partial charge on any atom is 0.225 e. The number of nitrogens with zero attached hydrogens (tertiary/aromatic N) is 1. The summed E-state index contributed by atoms with van der Waals surface area (Å²) in [6.07, 6.45) is 5.97. The number of hydrogen-bond donors (Lipinski definition) is 2. The van der Waals surface area contributed by atoms with Gasteiger partial charge in [0.2, 0.25) is 11.8 Å². The quantitative estimate of drug-likeness (QED) is 0.765. The highest BCUT2D eigenvalue weighted by molar-refractivity contribution is 5.89. The molecule has 0 aromatic carbocycles. The summed E-state index contributed by atoms with van der Waals surface area (Å²) in [6.45, 7) is 2.85. The lowest BCUT2D eigenvalue weighted by atomic mass is 10.1. The summed E-state index contributed by atoms with van der Waals surface area (Å²) in [4.78, 5) is 26.0. The predicted molar refractivity (Wildman–Crippen MR) is 76.0 cm³/mol. The first kappa shape index (κ1) is 15.3. The topological polar surface area (TPSA) is 69.6 Å². The van der Waals surface area contributed by atoms with E-state index < -0.39 is 6.10 Å². The number of carbonyl (C=O) groups is 2. The summed E-state index contributed by atoms with van der Waals surface area (Å²) >= 11 is 0. The molecule has 0 aromatic rings. The molecule has 20 heavy (non-hydrogen) atoms. The van der Waals surface area contributed by atoms with E-state index in [2.05, 4.69) is 5.32 Å². The molecule has 114 valence electrons. The van der Waals surface area contributed by atoms with Gasteiger partial charge in [0.25, 0.3) is 0 Å². The normalized spacial score (nSPS) is 25.2. The van der Waals surface area contributed by atoms with Crippen LogP contribution in [-0.4, -0.2) is 47.1 Å². The van der Waals surface area contributed by atoms with Gasteiger partial charge in [-0.1, -0.05) is 26.2 Å². The standard InChI is InChI=1S/C15H26N2O3/c1-2-5-13(18)9-16-15(20)11-8-14(19)17(10-11)12-6-3-4-7-12/h11-13,18H,2-10H2,1H3,(H,16,20). The first-order valence-corrected chi connectivity index (χ1v) is 7.87. The van der Waals surface area contributed by atoms with Crippen LogP contribution in [0.1, 0.15) is 51.9 Å². The Morgan fingerprint density at radius 2 is 2.15 bits per heavy atom. The zero-order valence-corrected chi connectivity index (χ0v) is 12.3. The van der Waals surface area contributed by atoms with E-state index in [1.165, 1.54) is 12.8 Å². The van der Waals surface area contributed by atoms with Crippen molar-refractivity contribution >= 4 is 11.8 Å². The van der Waals surface area contributed by atoms with E-state index in [0.29, 0.717) is 32.0 Å². The monoisotopic (exact) mass is 282 g/mol. The number of aliphatic hydroxyl groups is 1. The Bertz CT molecular complexity index is 353. The van der Waals surface area contributed by atoms with Crippen molar-refractivity contribution in [1.29, 1.82) is 0 Å². The van der Waals surface area contributed by atoms with E-state index >= 15 is 0 Å². The average molecular weight is 282 g/mol. The third kappa shape index (κ3) is 3.72. The highest BCUT2D eigenvalue weighted by Gasteiger charge is 2.38. The van der Waals surface area contributed by atoms with Gasteiger partial charge in [-0.2, -0.15) is 0 Å². The van der Waals surface area contributed by atoms with Crippen molar-refractivity contribution in [3.63, 3.8) is 0 Å². The van der Waals surface area contributed by atoms with Crippen LogP contribution in [0.4, 0.5) is 0 Å². The van der Waals surface area contributed by atoms with Crippen LogP contribution in [0.5, 0.6) is 0 Å². The summed E-state index contributed by atoms with van der Waals surface area (Å²) < 4.78 is 0. The number of nitrogens with one attached hydrogen (secondary N) is 1. The van der Waals surface area contributed by atoms with E-state index in [1.54, 1.807) is 0 Å². The second kappa shape index (κ2) is 7.07. The van der Waals surface area contributed by atoms with Gasteiger partial charge in [0.15, 0.2) is 0 Å². The van der Waals surface area contributed by atoms with Crippen LogP contribution in [0.15, 0.2) is 0 Å². The smallest absolute Gasteiger partial charge is 0.225 e. The number of aliphatic hydroxyl groups excluding tert-OH is 1. The van der Waals surface area contributed by atoms with Crippen LogP contribution < -0.4 is 5.32 Å². The Balaban J connectivity index is 1.78. The van der Waals surface area contributed by atoms with Crippen LogP contribution >= 0.6 is 0 Å². The van der Waals surface area contributed by atoms with Crippen molar-refractivity contribution in [2.45, 2.75) is 64.0 Å². The van der Waals surface area contributed by atoms with E-state index in [4.69, 9.17) is 0 Å². The number of likely N-dealkylation sites (tertiary alicyclic amines) is 1. The van der Waals surface area contributed by atoms with E-state index in [-0.39, 0.29) is 17.7 Å². The minimum atomic E-state index is -0.480. The molecule has 2 rings (SSSR count). The molecule has 5 nitrogen and oxygen atoms in total. The fraction of sp³-hybridized carbons (Fsp3) is 0.867. The molecule has 2 N–H and O–H groups in total. The molecule has 1 saturated carbocycles. The predicted octanol–water partition coefficient (Wildman–Crippen LogP) is 1.05. The minimum Gasteiger partial charge on any atom is -0.391 e. The molecule has 2 aliphatic rings. The van der Waals surface area contributed by atoms with Crippen LogP contribution in [0, 0.1) is 5.92 Å². The molecule has 2 atom stereocenters. The summed E-state index contributed by atoms with van der Waals surface area (Å²) in [5.41, 5.74) is 0. The van der Waals surface area contributed by atoms with Gasteiger partial charge < -0.3 is 15.3 Å². The third-order valence-corrected chi connectivity index (χ3v) is 4.43. The number of hydrogen-bond acceptors (Lipinski definition) is 3. The zero-order chi connectivity index (χ0) is 14.5. The van der Waals surface area contributed by atoms with Gasteiger partial charge in [-0.15, -0.1) is 0 Å². The largest absolute Gasteiger partial charge is 0.391 e. The van der Waals surface area contributed by atoms with E-state index in [0.717, 1.165) is 19.3 Å². The lowest BCUT2D eigenvalue weighted by Crippen LogP contribution is -2.39. The lowest BCUT2D eigenvalue weighted by molar-refractivity contribution is -0.130. The average Bonchev–Trinajstić information content (AvgIpc) is 3.05. The van der Waals surface area contributed by atoms with Crippen LogP contribution in [0.3, 0.4) is 0 Å². The molecule has 2 unspecified atom stereocenters. The van der Waals surface area contributed by atoms with Crippen molar-refractivity contribution in [1.82, 2.24) is 10.2 Å². The van der Waals surface area contributed by atoms with Crippen LogP contribution in [0.25, 0.3) is 0 Å². The number of rotatable bonds is 6. The highest BCUT2D eigenvalue weighted by atomic mass is 16.3. The minimum absolute atomic E-state index is 0.0889. The van der Waals surface area contributed by atoms with Gasteiger partial charge in [-0.25, -0.2) is 0 Å². The molecule has 0 spiro atoms. The number of carbonyl (C=O) groups excluding carboxylic acids is 2. The maximum absolute atomic E-state index is 12.1. The molecule has 1 heterocycles. The summed E-state index contributed by atoms with van der Waals surface area (Å²) in [5.74, 6) is -0.211. The molecular weight excluding hydrogens is 256 g/mol. The summed E-state index contributed by atoms with van der Waals surface area (Å²) in [7, 11) is 0. The van der Waals surface area contributed by atoms with Gasteiger partial charge in [0.1, 0.15) is 0 Å². The van der Waals surface area contributed by atoms with Crippen LogP contribution in [-0.2, 0) is 9.59 Å². The zero-order valence-electron chi connectivity index (χ0n) is 12.3. The molecule has 0 radical (unpaired) electrons. The van der Waals surface area contributed by atoms with Crippen molar-refractivity contribution in [3.8, 4) is 0 Å². The Kier molecular flexibility index (Phi) is 5.40. The molecule has 1 aliphatic carbocycles. The van der Waals surface area contributed by atoms with Gasteiger partial charge in [0.05, 0.1) is 12.0 Å². The molecule has 0 aromatic heterocycles. The third-order valence-electron chi connectivity index (χ3n) is 4.43. The molecule has 1 saturated heterocycles. The molecular formula is C15H26N2O3. The van der Waals surface area contributed by atoms with Crippen molar-refractivity contribution in [3.05, 3.63) is 0 Å². The lowest BCUT2D eigenvalue weighted by Gasteiger charge is -2.24. The van der Waals surface area contributed by atoms with Gasteiger partial charge in [-0.05, 0) is 19.3 Å². The van der Waals surface area contributed by atoms with E-state index in [9.17, 15) is 14.7 Å². The Morgan fingerprint density at radius 3 is 2.80 bits per heavy atom. The Labute approximate surface area is 120 Å². The van der Waals surface area contributed by atoms with Gasteiger partial charge in [-0.3, -0.25) is 9.59 Å². The van der Waals surface area contributed by atoms with Gasteiger partial charge >= 0.3 is 0 Å². The fourth-order valence-corrected chi connectivity index (χ4v) is 3.27. The molecule has 1 aliphatic heterocycles. The van der Waals surface area contributed by atoms with Crippen molar-refractivity contribution < 1.29 is 14.7 Å². The number of amides is 2. The Hall–Kier alpha value is -1.10. The van der Waals surface area contributed by atoms with Crippen molar-refractivity contribution in [2.75, 3.05) is 13.1 Å². The maximum atomic E-state index is 12.1. The Morgan fingerprint density at radius 1 is 1.45 bits per heavy atom. The molecule has 2 amide bonds. The highest BCUT2D eigenvalue weighted by Crippen LogP contribution is 2.29. The SMILES string of the molecule is CCCC(O)CNC(=O)C1CC(=O)N(C2CCCC2)C1. The van der Waals surface area contributed by atoms with Crippen molar-refractivity contribution in [2.24, 2.45) is 5.92 Å². The summed E-state index contributed by atoms with van der Waals surface area (Å²) in [5, 5.41) is 12.4. The molecule has 0 bridgehead atoms. The molecule has 5 heteroatoms. The second-order valence-corrected chi connectivity index (χ2v) is 6.07. The fourth-order valence-electron chi connectivity index (χ4n) is 3.27. The summed E-state index contributed by atoms with van der Waals surface area (Å²) in [6, 6.07) is 0.353. The van der Waals surface area contributed by atoms with Gasteiger partial charge in [0, 0.05) is 25.6 Å². The first-order chi connectivity index (χ1) is 9.61. The second-order valence-electron chi connectivity index (χ2n) is 6.07. The van der Waals surface area contributed by atoms with Crippen LogP contribution in [0.2, 0.25) is 0 Å². The first-order valence-electron chi connectivity index (χ1n) is 7.87. The van der Waals surface area contributed by atoms with E-state index in [1.807, 2.05) is 11.8 Å². The molecule has 2 fully saturated rings.